The molecular formula is C17H31N5O8. The molecule has 0 bridgehead atoms. The molecule has 1 heterocycles. The molecule has 0 aromatic heterocycles. The van der Waals surface area contributed by atoms with E-state index in [-0.39, 0.29) is 38.9 Å². The first-order valence-electron chi connectivity index (χ1n) is 9.52. The second-order valence-corrected chi connectivity index (χ2v) is 7.32. The van der Waals surface area contributed by atoms with Crippen LogP contribution in [-0.4, -0.2) is 104 Å². The van der Waals surface area contributed by atoms with E-state index in [1.807, 2.05) is 0 Å². The minimum atomic E-state index is -1.11. The van der Waals surface area contributed by atoms with Gasteiger partial charge in [-0.3, -0.25) is 4.79 Å². The van der Waals surface area contributed by atoms with Crippen molar-refractivity contribution in [2.45, 2.75) is 26.4 Å². The highest BCUT2D eigenvalue weighted by atomic mass is 16.6. The molecule has 30 heavy (non-hydrogen) atoms. The van der Waals surface area contributed by atoms with Gasteiger partial charge in [0.15, 0.2) is 0 Å². The minimum Gasteiger partial charge on any atom is -0.465 e. The summed E-state index contributed by atoms with van der Waals surface area (Å²) in [5.74, 6) is -0.200. The van der Waals surface area contributed by atoms with Gasteiger partial charge >= 0.3 is 18.2 Å². The fourth-order valence-electron chi connectivity index (χ4n) is 2.35. The molecule has 0 aromatic rings. The lowest BCUT2D eigenvalue weighted by Crippen LogP contribution is -2.56. The summed E-state index contributed by atoms with van der Waals surface area (Å²) in [6.45, 7) is 7.19. The van der Waals surface area contributed by atoms with Crippen molar-refractivity contribution in [1.82, 2.24) is 26.0 Å². The van der Waals surface area contributed by atoms with Gasteiger partial charge in [-0.25, -0.2) is 25.2 Å². The number of hydrazine groups is 1. The maximum atomic E-state index is 12.1. The van der Waals surface area contributed by atoms with Crippen LogP contribution in [0, 0.1) is 0 Å². The van der Waals surface area contributed by atoms with Gasteiger partial charge in [0.05, 0.1) is 19.8 Å². The summed E-state index contributed by atoms with van der Waals surface area (Å²) in [5.41, 5.74) is 3.78. The molecule has 0 spiro atoms. The monoisotopic (exact) mass is 433 g/mol. The quantitative estimate of drug-likeness (QED) is 0.297. The number of hydrogen-bond donors (Lipinski definition) is 4. The van der Waals surface area contributed by atoms with Gasteiger partial charge < -0.3 is 34.4 Å². The molecule has 0 atom stereocenters. The number of piperazine rings is 1. The number of carbonyl (C=O) groups is 4. The fourth-order valence-corrected chi connectivity index (χ4v) is 2.35. The molecule has 0 aliphatic carbocycles. The third-order valence-electron chi connectivity index (χ3n) is 3.71. The van der Waals surface area contributed by atoms with Crippen molar-refractivity contribution >= 4 is 24.1 Å². The van der Waals surface area contributed by atoms with E-state index in [1.165, 1.54) is 4.90 Å². The molecule has 5 amide bonds. The zero-order valence-corrected chi connectivity index (χ0v) is 17.6. The standard InChI is InChI=1S/C17H31N5O8/c1-17(2,3)30-16(27)20-19-14(24)22-7-5-21(6-8-22)13(23)12-29-11-10-28-9-4-18-15(25)26/h18H,4-12H2,1-3H3,(H,19,24)(H,20,27)(H,25,26). The molecule has 13 nitrogen and oxygen atoms in total. The van der Waals surface area contributed by atoms with Gasteiger partial charge in [-0.2, -0.15) is 0 Å². The topological polar surface area (TPSA) is 159 Å². The number of carbonyl (C=O) groups excluding carboxylic acids is 3. The predicted molar refractivity (Wildman–Crippen MR) is 104 cm³/mol. The van der Waals surface area contributed by atoms with Crippen LogP contribution in [0.1, 0.15) is 20.8 Å². The van der Waals surface area contributed by atoms with Crippen LogP contribution in [0.5, 0.6) is 0 Å². The van der Waals surface area contributed by atoms with Crippen LogP contribution in [0.4, 0.5) is 14.4 Å². The maximum Gasteiger partial charge on any atom is 0.426 e. The first-order valence-corrected chi connectivity index (χ1v) is 9.52. The Morgan fingerprint density at radius 2 is 1.50 bits per heavy atom. The summed E-state index contributed by atoms with van der Waals surface area (Å²) in [5, 5.41) is 10.6. The van der Waals surface area contributed by atoms with Crippen LogP contribution in [0.3, 0.4) is 0 Å². The molecule has 1 aliphatic rings. The van der Waals surface area contributed by atoms with Crippen molar-refractivity contribution in [2.24, 2.45) is 0 Å². The second kappa shape index (κ2) is 12.7. The Morgan fingerprint density at radius 3 is 2.10 bits per heavy atom. The molecule has 1 rings (SSSR count). The summed E-state index contributed by atoms with van der Waals surface area (Å²) in [6.07, 6.45) is -1.87. The lowest BCUT2D eigenvalue weighted by molar-refractivity contribution is -0.138. The number of urea groups is 1. The molecule has 13 heteroatoms. The van der Waals surface area contributed by atoms with Gasteiger partial charge in [0.2, 0.25) is 5.91 Å². The minimum absolute atomic E-state index is 0.108. The largest absolute Gasteiger partial charge is 0.465 e. The Bertz CT molecular complexity index is 587. The normalized spacial score (nSPS) is 14.1. The SMILES string of the molecule is CC(C)(C)OC(=O)NNC(=O)N1CCN(C(=O)COCCOCCNC(=O)O)CC1. The van der Waals surface area contributed by atoms with Crippen molar-refractivity contribution < 1.29 is 38.5 Å². The molecule has 0 unspecified atom stereocenters. The highest BCUT2D eigenvalue weighted by Crippen LogP contribution is 2.06. The average Bonchev–Trinajstić information content (AvgIpc) is 2.66. The zero-order chi connectivity index (χ0) is 22.6. The Labute approximate surface area is 174 Å². The number of rotatable bonds is 8. The highest BCUT2D eigenvalue weighted by molar-refractivity contribution is 5.79. The molecule has 0 saturated carbocycles. The molecule has 0 aromatic carbocycles. The van der Waals surface area contributed by atoms with Crippen LogP contribution >= 0.6 is 0 Å². The summed E-state index contributed by atoms with van der Waals surface area (Å²) < 4.78 is 15.4. The Morgan fingerprint density at radius 1 is 0.900 bits per heavy atom. The van der Waals surface area contributed by atoms with E-state index in [9.17, 15) is 19.2 Å². The van der Waals surface area contributed by atoms with Gasteiger partial charge in [0, 0.05) is 32.7 Å². The summed E-state index contributed by atoms with van der Waals surface area (Å²) in [6, 6.07) is -0.487. The number of nitrogens with zero attached hydrogens (tertiary/aromatic N) is 2. The Balaban J connectivity index is 2.13. The van der Waals surface area contributed by atoms with E-state index in [2.05, 4.69) is 16.2 Å². The van der Waals surface area contributed by atoms with E-state index >= 15 is 0 Å². The number of carboxylic acid groups (broad SMARTS) is 1. The van der Waals surface area contributed by atoms with Gasteiger partial charge in [-0.1, -0.05) is 0 Å². The van der Waals surface area contributed by atoms with Crippen LogP contribution in [0.15, 0.2) is 0 Å². The van der Waals surface area contributed by atoms with Gasteiger partial charge in [-0.15, -0.1) is 0 Å². The van der Waals surface area contributed by atoms with Crippen LogP contribution in [-0.2, 0) is 19.0 Å². The first kappa shape index (κ1) is 25.2. The third-order valence-corrected chi connectivity index (χ3v) is 3.71. The van der Waals surface area contributed by atoms with Crippen LogP contribution < -0.4 is 16.2 Å². The maximum absolute atomic E-state index is 12.1. The smallest absolute Gasteiger partial charge is 0.426 e. The molecule has 0 radical (unpaired) electrons. The molecule has 1 saturated heterocycles. The van der Waals surface area contributed by atoms with Crippen molar-refractivity contribution in [2.75, 3.05) is 59.2 Å². The third kappa shape index (κ3) is 11.3. The molecule has 1 aliphatic heterocycles. The lowest BCUT2D eigenvalue weighted by Gasteiger charge is -2.34. The van der Waals surface area contributed by atoms with E-state index in [4.69, 9.17) is 19.3 Å². The summed E-state index contributed by atoms with van der Waals surface area (Å²) in [7, 11) is 0. The summed E-state index contributed by atoms with van der Waals surface area (Å²) in [4.78, 5) is 49.0. The van der Waals surface area contributed by atoms with Gasteiger partial charge in [-0.05, 0) is 20.8 Å². The number of hydrogen-bond acceptors (Lipinski definition) is 7. The second-order valence-electron chi connectivity index (χ2n) is 7.32. The number of ether oxygens (including phenoxy) is 3. The van der Waals surface area contributed by atoms with Crippen molar-refractivity contribution in [3.63, 3.8) is 0 Å². The Hall–Kier alpha value is -2.80. The molecule has 1 fully saturated rings. The highest BCUT2D eigenvalue weighted by Gasteiger charge is 2.25. The first-order chi connectivity index (χ1) is 14.1. The molecule has 172 valence electrons. The van der Waals surface area contributed by atoms with Gasteiger partial charge in [0.25, 0.3) is 0 Å². The van der Waals surface area contributed by atoms with Crippen LogP contribution in [0.2, 0.25) is 0 Å². The van der Waals surface area contributed by atoms with Crippen molar-refractivity contribution in [3.05, 3.63) is 0 Å². The average molecular weight is 433 g/mol. The number of amides is 5. The van der Waals surface area contributed by atoms with Crippen LogP contribution in [0.25, 0.3) is 0 Å². The van der Waals surface area contributed by atoms with Gasteiger partial charge in [0.1, 0.15) is 12.2 Å². The predicted octanol–water partition coefficient (Wildman–Crippen LogP) is -0.419. The fraction of sp³-hybridized carbons (Fsp3) is 0.765. The van der Waals surface area contributed by atoms with E-state index in [0.717, 1.165) is 0 Å². The van der Waals surface area contributed by atoms with Crippen molar-refractivity contribution in [3.8, 4) is 0 Å². The van der Waals surface area contributed by atoms with E-state index in [1.54, 1.807) is 25.7 Å². The van der Waals surface area contributed by atoms with E-state index in [0.29, 0.717) is 26.2 Å². The molecular weight excluding hydrogens is 402 g/mol. The van der Waals surface area contributed by atoms with Crippen molar-refractivity contribution in [1.29, 1.82) is 0 Å². The lowest BCUT2D eigenvalue weighted by atomic mass is 10.2. The zero-order valence-electron chi connectivity index (χ0n) is 17.6. The number of nitrogens with one attached hydrogen (secondary N) is 3. The molecule has 4 N–H and O–H groups in total. The Kier molecular flexibility index (Phi) is 10.7. The summed E-state index contributed by atoms with van der Waals surface area (Å²) >= 11 is 0. The van der Waals surface area contributed by atoms with E-state index < -0.39 is 23.8 Å².